The average molecular weight is 344 g/mol. The van der Waals surface area contributed by atoms with E-state index in [0.29, 0.717) is 11.5 Å². The lowest BCUT2D eigenvalue weighted by molar-refractivity contribution is -0.116. The van der Waals surface area contributed by atoms with Gasteiger partial charge in [-0.1, -0.05) is 47.7 Å². The minimum Gasteiger partial charge on any atom is -0.345 e. The van der Waals surface area contributed by atoms with Gasteiger partial charge in [0.2, 0.25) is 5.91 Å². The number of aromatic amines is 1. The van der Waals surface area contributed by atoms with Gasteiger partial charge in [0.1, 0.15) is 18.1 Å². The topological polar surface area (TPSA) is 88.5 Å². The summed E-state index contributed by atoms with van der Waals surface area (Å²) in [5, 5.41) is 11.1. The quantitative estimate of drug-likeness (QED) is 0.582. The van der Waals surface area contributed by atoms with Crippen molar-refractivity contribution in [3.05, 3.63) is 73.2 Å². The maximum atomic E-state index is 12.4. The first-order valence-corrected chi connectivity index (χ1v) is 8.14. The molecule has 0 atom stereocenters. The van der Waals surface area contributed by atoms with Gasteiger partial charge in [-0.15, -0.1) is 5.10 Å². The minimum atomic E-state index is -0.187. The molecule has 0 bridgehead atoms. The number of nitrogens with one attached hydrogen (secondary N) is 2. The van der Waals surface area contributed by atoms with Gasteiger partial charge in [-0.2, -0.15) is 0 Å². The Morgan fingerprint density at radius 3 is 2.69 bits per heavy atom. The van der Waals surface area contributed by atoms with Crippen LogP contribution in [0.3, 0.4) is 0 Å². The van der Waals surface area contributed by atoms with Crippen molar-refractivity contribution in [1.29, 1.82) is 0 Å². The van der Waals surface area contributed by atoms with Crippen molar-refractivity contribution in [1.82, 2.24) is 25.0 Å². The molecule has 4 aromatic rings. The van der Waals surface area contributed by atoms with Crippen LogP contribution in [0.15, 0.2) is 73.2 Å². The van der Waals surface area contributed by atoms with Crippen LogP contribution in [0.2, 0.25) is 0 Å². The predicted octanol–water partition coefficient (Wildman–Crippen LogP) is 2.97. The minimum absolute atomic E-state index is 0.0757. The van der Waals surface area contributed by atoms with Gasteiger partial charge in [0, 0.05) is 23.5 Å². The first-order valence-electron chi connectivity index (χ1n) is 8.14. The van der Waals surface area contributed by atoms with E-state index < -0.39 is 0 Å². The lowest BCUT2D eigenvalue weighted by atomic mass is 10.1. The highest BCUT2D eigenvalue weighted by Gasteiger charge is 2.11. The lowest BCUT2D eigenvalue weighted by Crippen LogP contribution is -2.19. The van der Waals surface area contributed by atoms with E-state index in [1.807, 2.05) is 54.6 Å². The highest BCUT2D eigenvalue weighted by atomic mass is 16.2. The van der Waals surface area contributed by atoms with Crippen molar-refractivity contribution in [3.8, 4) is 22.6 Å². The highest BCUT2D eigenvalue weighted by Crippen LogP contribution is 2.24. The van der Waals surface area contributed by atoms with Gasteiger partial charge in [-0.25, -0.2) is 9.67 Å². The van der Waals surface area contributed by atoms with Crippen molar-refractivity contribution in [2.45, 2.75) is 6.54 Å². The van der Waals surface area contributed by atoms with Crippen molar-refractivity contribution < 1.29 is 4.79 Å². The van der Waals surface area contributed by atoms with Gasteiger partial charge >= 0.3 is 0 Å². The largest absolute Gasteiger partial charge is 0.345 e. The number of imidazole rings is 1. The number of carbonyl (C=O) groups is 1. The second-order valence-corrected chi connectivity index (χ2v) is 5.70. The first-order chi connectivity index (χ1) is 12.8. The van der Waals surface area contributed by atoms with E-state index in [1.54, 1.807) is 18.6 Å². The highest BCUT2D eigenvalue weighted by molar-refractivity contribution is 5.94. The molecule has 0 saturated carbocycles. The van der Waals surface area contributed by atoms with Crippen LogP contribution in [-0.4, -0.2) is 30.9 Å². The Morgan fingerprint density at radius 2 is 1.88 bits per heavy atom. The van der Waals surface area contributed by atoms with E-state index in [2.05, 4.69) is 25.6 Å². The number of amides is 1. The first kappa shape index (κ1) is 15.8. The van der Waals surface area contributed by atoms with Crippen LogP contribution >= 0.6 is 0 Å². The summed E-state index contributed by atoms with van der Waals surface area (Å²) in [5.74, 6) is 0.515. The fourth-order valence-electron chi connectivity index (χ4n) is 2.66. The maximum Gasteiger partial charge on any atom is 0.246 e. The summed E-state index contributed by atoms with van der Waals surface area (Å²) in [6.07, 6.45) is 5.18. The molecule has 26 heavy (non-hydrogen) atoms. The molecule has 2 N–H and O–H groups in total. The Bertz CT molecular complexity index is 1010. The summed E-state index contributed by atoms with van der Waals surface area (Å²) >= 11 is 0. The number of para-hydroxylation sites is 1. The number of aromatic nitrogens is 5. The third kappa shape index (κ3) is 3.36. The van der Waals surface area contributed by atoms with Crippen LogP contribution in [0, 0.1) is 0 Å². The molecular formula is C19H16N6O. The van der Waals surface area contributed by atoms with Gasteiger partial charge in [0.15, 0.2) is 0 Å². The van der Waals surface area contributed by atoms with E-state index in [1.165, 1.54) is 4.68 Å². The Kier molecular flexibility index (Phi) is 4.26. The van der Waals surface area contributed by atoms with Gasteiger partial charge in [-0.05, 0) is 12.1 Å². The number of hydrogen-bond acceptors (Lipinski definition) is 4. The number of rotatable bonds is 5. The maximum absolute atomic E-state index is 12.4. The molecule has 0 aliphatic rings. The van der Waals surface area contributed by atoms with Crippen molar-refractivity contribution in [2.75, 3.05) is 5.32 Å². The van der Waals surface area contributed by atoms with Crippen LogP contribution in [0.4, 0.5) is 5.69 Å². The van der Waals surface area contributed by atoms with E-state index in [9.17, 15) is 4.79 Å². The summed E-state index contributed by atoms with van der Waals surface area (Å²) in [7, 11) is 0. The zero-order chi connectivity index (χ0) is 17.8. The fourth-order valence-corrected chi connectivity index (χ4v) is 2.66. The molecule has 0 aliphatic carbocycles. The molecule has 0 fully saturated rings. The fraction of sp³-hybridized carbons (Fsp3) is 0.0526. The average Bonchev–Trinajstić information content (AvgIpc) is 3.35. The van der Waals surface area contributed by atoms with Crippen molar-refractivity contribution >= 4 is 11.6 Å². The number of nitrogens with zero attached hydrogens (tertiary/aromatic N) is 4. The number of anilines is 1. The summed E-state index contributed by atoms with van der Waals surface area (Å²) in [5.41, 5.74) is 3.21. The smallest absolute Gasteiger partial charge is 0.246 e. The van der Waals surface area contributed by atoms with Crippen molar-refractivity contribution in [3.63, 3.8) is 0 Å². The Morgan fingerprint density at radius 1 is 1.08 bits per heavy atom. The molecule has 0 aliphatic heterocycles. The van der Waals surface area contributed by atoms with E-state index in [0.717, 1.165) is 16.8 Å². The molecule has 7 heteroatoms. The molecule has 2 aromatic carbocycles. The van der Waals surface area contributed by atoms with Crippen LogP contribution in [0.5, 0.6) is 0 Å². The summed E-state index contributed by atoms with van der Waals surface area (Å²) in [6.45, 7) is 0.0757. The van der Waals surface area contributed by atoms with Gasteiger partial charge in [0.25, 0.3) is 0 Å². The third-order valence-corrected chi connectivity index (χ3v) is 3.87. The van der Waals surface area contributed by atoms with Gasteiger partial charge < -0.3 is 10.3 Å². The van der Waals surface area contributed by atoms with Crippen LogP contribution in [-0.2, 0) is 11.3 Å². The molecule has 128 valence electrons. The molecule has 2 aromatic heterocycles. The second-order valence-electron chi connectivity index (χ2n) is 5.70. The molecule has 2 heterocycles. The number of benzene rings is 2. The normalized spacial score (nSPS) is 10.6. The van der Waals surface area contributed by atoms with E-state index in [-0.39, 0.29) is 12.5 Å². The molecular weight excluding hydrogens is 328 g/mol. The van der Waals surface area contributed by atoms with Gasteiger partial charge in [0.05, 0.1) is 11.9 Å². The molecule has 0 unspecified atom stereocenters. The van der Waals surface area contributed by atoms with Crippen LogP contribution in [0.25, 0.3) is 22.6 Å². The Hall–Kier alpha value is -3.74. The molecule has 0 saturated heterocycles. The van der Waals surface area contributed by atoms with E-state index >= 15 is 0 Å². The predicted molar refractivity (Wildman–Crippen MR) is 98.1 cm³/mol. The Balaban J connectivity index is 1.48. The van der Waals surface area contributed by atoms with Crippen LogP contribution < -0.4 is 5.32 Å². The van der Waals surface area contributed by atoms with Crippen LogP contribution in [0.1, 0.15) is 0 Å². The molecule has 7 nitrogen and oxygen atoms in total. The molecule has 0 radical (unpaired) electrons. The number of hydrogen-bond donors (Lipinski definition) is 2. The summed E-state index contributed by atoms with van der Waals surface area (Å²) in [6, 6.07) is 17.2. The molecule has 0 spiro atoms. The molecule has 1 amide bonds. The molecule has 4 rings (SSSR count). The van der Waals surface area contributed by atoms with E-state index in [4.69, 9.17) is 0 Å². The third-order valence-electron chi connectivity index (χ3n) is 3.87. The second kappa shape index (κ2) is 7.02. The summed E-state index contributed by atoms with van der Waals surface area (Å²) in [4.78, 5) is 19.7. The van der Waals surface area contributed by atoms with Crippen molar-refractivity contribution in [2.24, 2.45) is 0 Å². The SMILES string of the molecule is O=C(Cn1cc(-c2ccccc2)nn1)Nc1ccccc1-c1ncc[nH]1. The standard InChI is InChI=1S/C19H16N6O/c26-18(13-25-12-17(23-24-25)14-6-2-1-3-7-14)22-16-9-5-4-8-15(16)19-20-10-11-21-19/h1-12H,13H2,(H,20,21)(H,22,26). The lowest BCUT2D eigenvalue weighted by Gasteiger charge is -2.09. The monoisotopic (exact) mass is 344 g/mol. The number of H-pyrrole nitrogens is 1. The summed E-state index contributed by atoms with van der Waals surface area (Å²) < 4.78 is 1.52. The Labute approximate surface area is 149 Å². The number of carbonyl (C=O) groups excluding carboxylic acids is 1. The van der Waals surface area contributed by atoms with Gasteiger partial charge in [-0.3, -0.25) is 4.79 Å². The zero-order valence-electron chi connectivity index (χ0n) is 13.8. The zero-order valence-corrected chi connectivity index (χ0v) is 13.8.